The molecule has 4 heterocycles. The van der Waals surface area contributed by atoms with E-state index in [1.54, 1.807) is 6.20 Å². The lowest BCUT2D eigenvalue weighted by Crippen LogP contribution is -2.46. The maximum absolute atomic E-state index is 13.0. The lowest BCUT2D eigenvalue weighted by atomic mass is 9.87. The van der Waals surface area contributed by atoms with E-state index in [9.17, 15) is 4.79 Å². The van der Waals surface area contributed by atoms with E-state index in [2.05, 4.69) is 62.6 Å². The van der Waals surface area contributed by atoms with Crippen LogP contribution in [0, 0.1) is 0 Å². The van der Waals surface area contributed by atoms with Crippen molar-refractivity contribution in [1.82, 2.24) is 24.7 Å². The molecule has 0 aliphatic carbocycles. The normalized spacial score (nSPS) is 21.7. The van der Waals surface area contributed by atoms with E-state index in [4.69, 9.17) is 0 Å². The molecule has 6 rings (SSSR count). The van der Waals surface area contributed by atoms with Crippen LogP contribution in [0.25, 0.3) is 5.69 Å². The van der Waals surface area contributed by atoms with Crippen molar-refractivity contribution < 1.29 is 4.79 Å². The topological polar surface area (TPSA) is 53.4 Å². The summed E-state index contributed by atoms with van der Waals surface area (Å²) in [4.78, 5) is 21.8. The van der Waals surface area contributed by atoms with E-state index < -0.39 is 0 Å². The molecule has 0 spiro atoms. The molecule has 6 nitrogen and oxygen atoms in total. The molecule has 2 aromatic carbocycles. The highest BCUT2D eigenvalue weighted by atomic mass is 16.2. The van der Waals surface area contributed by atoms with E-state index in [-0.39, 0.29) is 5.91 Å². The second-order valence-corrected chi connectivity index (χ2v) is 10.0. The number of carbonyl (C=O) groups excluding carboxylic acids is 1. The Labute approximate surface area is 201 Å². The van der Waals surface area contributed by atoms with Gasteiger partial charge in [0.1, 0.15) is 0 Å². The van der Waals surface area contributed by atoms with Crippen LogP contribution in [-0.4, -0.2) is 57.5 Å². The van der Waals surface area contributed by atoms with Crippen LogP contribution < -0.4 is 5.32 Å². The van der Waals surface area contributed by atoms with Gasteiger partial charge < -0.3 is 14.8 Å². The number of nitrogens with zero attached hydrogens (tertiary/aromatic N) is 4. The van der Waals surface area contributed by atoms with Gasteiger partial charge in [0.15, 0.2) is 0 Å². The first kappa shape index (κ1) is 21.6. The summed E-state index contributed by atoms with van der Waals surface area (Å²) in [5.74, 6) is 0.815. The third-order valence-electron chi connectivity index (χ3n) is 7.88. The van der Waals surface area contributed by atoms with Gasteiger partial charge >= 0.3 is 0 Å². The fourth-order valence-electron chi connectivity index (χ4n) is 5.88. The number of amides is 1. The highest BCUT2D eigenvalue weighted by Crippen LogP contribution is 2.33. The number of hydrogen-bond donors (Lipinski definition) is 1. The molecule has 1 N–H and O–H groups in total. The number of imidazole rings is 1. The van der Waals surface area contributed by atoms with Gasteiger partial charge in [0, 0.05) is 49.3 Å². The number of aromatic nitrogens is 2. The van der Waals surface area contributed by atoms with Crippen molar-refractivity contribution in [3.63, 3.8) is 0 Å². The molecule has 6 heteroatoms. The minimum Gasteiger partial charge on any atom is -0.330 e. The van der Waals surface area contributed by atoms with Crippen molar-refractivity contribution in [3.05, 3.63) is 83.4 Å². The van der Waals surface area contributed by atoms with Crippen molar-refractivity contribution in [2.75, 3.05) is 26.2 Å². The Balaban J connectivity index is 1.06. The van der Waals surface area contributed by atoms with E-state index >= 15 is 0 Å². The van der Waals surface area contributed by atoms with Crippen LogP contribution in [0.2, 0.25) is 0 Å². The lowest BCUT2D eigenvalue weighted by molar-refractivity contribution is 0.0674. The van der Waals surface area contributed by atoms with Crippen LogP contribution in [0.15, 0.2) is 61.2 Å². The highest BCUT2D eigenvalue weighted by Gasteiger charge is 2.34. The van der Waals surface area contributed by atoms with Crippen LogP contribution in [-0.2, 0) is 13.1 Å². The molecule has 176 valence electrons. The summed E-state index contributed by atoms with van der Waals surface area (Å²) in [6, 6.07) is 15.8. The summed E-state index contributed by atoms with van der Waals surface area (Å²) in [6.07, 6.45) is 10.2. The van der Waals surface area contributed by atoms with E-state index in [0.717, 1.165) is 63.4 Å². The number of hydrogen-bond acceptors (Lipinski definition) is 4. The SMILES string of the molecule is O=C1c2ccc(C3CCN(Cc4ccc(-n5ccnc5)cc4)CC3)cc2CN1C1CCCNC1. The lowest BCUT2D eigenvalue weighted by Gasteiger charge is -2.32. The largest absolute Gasteiger partial charge is 0.330 e. The van der Waals surface area contributed by atoms with Gasteiger partial charge in [0.25, 0.3) is 5.91 Å². The van der Waals surface area contributed by atoms with Crippen molar-refractivity contribution in [2.45, 2.75) is 50.7 Å². The minimum atomic E-state index is 0.226. The molecular weight excluding hydrogens is 422 g/mol. The van der Waals surface area contributed by atoms with Gasteiger partial charge in [-0.3, -0.25) is 9.69 Å². The standard InChI is InChI=1S/C28H33N5O/c34-28-27-8-5-23(16-24(27)19-33(28)26-2-1-11-29-17-26)22-9-13-31(14-10-22)18-21-3-6-25(7-4-21)32-15-12-30-20-32/h3-8,12,15-16,20,22,26,29H,1-2,9-11,13-14,17-19H2. The molecule has 3 aliphatic rings. The van der Waals surface area contributed by atoms with Gasteiger partial charge in [-0.1, -0.05) is 24.3 Å². The Hall–Kier alpha value is -2.96. The zero-order valence-electron chi connectivity index (χ0n) is 19.7. The molecule has 1 aromatic heterocycles. The Kier molecular flexibility index (Phi) is 5.93. The predicted molar refractivity (Wildman–Crippen MR) is 133 cm³/mol. The zero-order valence-corrected chi connectivity index (χ0v) is 19.7. The molecule has 1 amide bonds. The van der Waals surface area contributed by atoms with Crippen LogP contribution in [0.4, 0.5) is 0 Å². The minimum absolute atomic E-state index is 0.226. The van der Waals surface area contributed by atoms with Crippen molar-refractivity contribution >= 4 is 5.91 Å². The van der Waals surface area contributed by atoms with Gasteiger partial charge in [0.2, 0.25) is 0 Å². The number of rotatable bonds is 5. The van der Waals surface area contributed by atoms with Crippen molar-refractivity contribution in [3.8, 4) is 5.69 Å². The molecule has 3 aromatic rings. The fraction of sp³-hybridized carbons (Fsp3) is 0.429. The number of piperidine rings is 2. The Morgan fingerprint density at radius 3 is 2.62 bits per heavy atom. The number of likely N-dealkylation sites (tertiary alicyclic amines) is 1. The molecule has 0 saturated carbocycles. The van der Waals surface area contributed by atoms with Gasteiger partial charge in [-0.15, -0.1) is 0 Å². The summed E-state index contributed by atoms with van der Waals surface area (Å²) in [5, 5.41) is 3.45. The first-order valence-corrected chi connectivity index (χ1v) is 12.7. The average Bonchev–Trinajstić information content (AvgIpc) is 3.54. The van der Waals surface area contributed by atoms with Gasteiger partial charge in [-0.2, -0.15) is 0 Å². The summed E-state index contributed by atoms with van der Waals surface area (Å²) >= 11 is 0. The molecule has 1 atom stereocenters. The van der Waals surface area contributed by atoms with Gasteiger partial charge in [-0.25, -0.2) is 4.98 Å². The molecule has 34 heavy (non-hydrogen) atoms. The first-order chi connectivity index (χ1) is 16.7. The van der Waals surface area contributed by atoms with E-state index in [1.807, 2.05) is 17.1 Å². The molecular formula is C28H33N5O. The first-order valence-electron chi connectivity index (χ1n) is 12.7. The van der Waals surface area contributed by atoms with Crippen molar-refractivity contribution in [2.24, 2.45) is 0 Å². The second-order valence-electron chi connectivity index (χ2n) is 10.0. The molecule has 2 saturated heterocycles. The summed E-state index contributed by atoms with van der Waals surface area (Å²) < 4.78 is 2.03. The highest BCUT2D eigenvalue weighted by molar-refractivity contribution is 5.98. The Bertz CT molecular complexity index is 1130. The molecule has 0 bridgehead atoms. The predicted octanol–water partition coefficient (Wildman–Crippen LogP) is 3.96. The zero-order chi connectivity index (χ0) is 22.9. The summed E-state index contributed by atoms with van der Waals surface area (Å²) in [7, 11) is 0. The smallest absolute Gasteiger partial charge is 0.254 e. The number of fused-ring (bicyclic) bond motifs is 1. The molecule has 1 unspecified atom stereocenters. The number of nitrogens with one attached hydrogen (secondary N) is 1. The van der Waals surface area contributed by atoms with Crippen LogP contribution >= 0.6 is 0 Å². The fourth-order valence-corrected chi connectivity index (χ4v) is 5.88. The van der Waals surface area contributed by atoms with Gasteiger partial charge in [0.05, 0.1) is 6.33 Å². The van der Waals surface area contributed by atoms with Gasteiger partial charge in [-0.05, 0) is 86.1 Å². The monoisotopic (exact) mass is 455 g/mol. The number of carbonyl (C=O) groups is 1. The van der Waals surface area contributed by atoms with Crippen molar-refractivity contribution in [1.29, 1.82) is 0 Å². The number of benzene rings is 2. The third-order valence-corrected chi connectivity index (χ3v) is 7.88. The van der Waals surface area contributed by atoms with Crippen LogP contribution in [0.3, 0.4) is 0 Å². The molecule has 2 fully saturated rings. The quantitative estimate of drug-likeness (QED) is 0.633. The van der Waals surface area contributed by atoms with Crippen LogP contribution in [0.1, 0.15) is 58.6 Å². The second kappa shape index (κ2) is 9.35. The van der Waals surface area contributed by atoms with E-state index in [1.165, 1.54) is 29.5 Å². The Morgan fingerprint density at radius 1 is 1.03 bits per heavy atom. The van der Waals surface area contributed by atoms with E-state index in [0.29, 0.717) is 12.0 Å². The average molecular weight is 456 g/mol. The maximum atomic E-state index is 13.0. The summed E-state index contributed by atoms with van der Waals surface area (Å²) in [5.41, 5.74) is 6.07. The third kappa shape index (κ3) is 4.28. The Morgan fingerprint density at radius 2 is 1.88 bits per heavy atom. The van der Waals surface area contributed by atoms with Crippen LogP contribution in [0.5, 0.6) is 0 Å². The molecule has 0 radical (unpaired) electrons. The maximum Gasteiger partial charge on any atom is 0.254 e. The molecule has 3 aliphatic heterocycles. The summed E-state index contributed by atoms with van der Waals surface area (Å²) in [6.45, 7) is 6.01.